The average molecular weight is 298 g/mol. The van der Waals surface area contributed by atoms with Gasteiger partial charge in [0.15, 0.2) is 11.5 Å². The Labute approximate surface area is 119 Å². The van der Waals surface area contributed by atoms with Gasteiger partial charge in [0.05, 0.1) is 7.11 Å². The number of benzene rings is 2. The lowest BCUT2D eigenvalue weighted by molar-refractivity contribution is -0.0513. The zero-order valence-corrected chi connectivity index (χ0v) is 11.1. The SMILES string of the molecule is COc1ccc(C(O)c2ccccc2F)cc1OC(F)F. The maximum Gasteiger partial charge on any atom is 0.387 e. The molecule has 6 heteroatoms. The summed E-state index contributed by atoms with van der Waals surface area (Å²) in [4.78, 5) is 0. The Hall–Kier alpha value is -2.21. The van der Waals surface area contributed by atoms with Gasteiger partial charge < -0.3 is 14.6 Å². The molecular weight excluding hydrogens is 285 g/mol. The number of aliphatic hydroxyl groups is 1. The van der Waals surface area contributed by atoms with Crippen LogP contribution in [0.3, 0.4) is 0 Å². The van der Waals surface area contributed by atoms with Gasteiger partial charge in [0.1, 0.15) is 11.9 Å². The first-order valence-corrected chi connectivity index (χ1v) is 6.08. The number of halogens is 3. The van der Waals surface area contributed by atoms with E-state index in [1.165, 1.54) is 43.5 Å². The van der Waals surface area contributed by atoms with Crippen LogP contribution < -0.4 is 9.47 Å². The molecule has 0 aliphatic rings. The van der Waals surface area contributed by atoms with Crippen molar-refractivity contribution in [3.05, 3.63) is 59.4 Å². The van der Waals surface area contributed by atoms with Gasteiger partial charge in [-0.05, 0) is 23.8 Å². The quantitative estimate of drug-likeness (QED) is 0.918. The molecule has 0 amide bonds. The van der Waals surface area contributed by atoms with E-state index in [4.69, 9.17) is 4.74 Å². The summed E-state index contributed by atoms with van der Waals surface area (Å²) in [7, 11) is 1.31. The van der Waals surface area contributed by atoms with Crippen LogP contribution in [0.2, 0.25) is 0 Å². The fourth-order valence-corrected chi connectivity index (χ4v) is 1.93. The first kappa shape index (κ1) is 15.2. The third kappa shape index (κ3) is 3.46. The predicted octanol–water partition coefficient (Wildman–Crippen LogP) is 3.52. The van der Waals surface area contributed by atoms with Crippen LogP contribution in [-0.4, -0.2) is 18.8 Å². The van der Waals surface area contributed by atoms with Crippen LogP contribution in [0.15, 0.2) is 42.5 Å². The maximum atomic E-state index is 13.6. The van der Waals surface area contributed by atoms with Crippen LogP contribution in [0.5, 0.6) is 11.5 Å². The second kappa shape index (κ2) is 6.49. The molecule has 21 heavy (non-hydrogen) atoms. The minimum absolute atomic E-state index is 0.0469. The molecule has 112 valence electrons. The first-order valence-electron chi connectivity index (χ1n) is 6.08. The third-order valence-electron chi connectivity index (χ3n) is 2.92. The zero-order valence-electron chi connectivity index (χ0n) is 11.1. The summed E-state index contributed by atoms with van der Waals surface area (Å²) in [5.41, 5.74) is 0.266. The monoisotopic (exact) mass is 298 g/mol. The Morgan fingerprint density at radius 3 is 2.38 bits per heavy atom. The van der Waals surface area contributed by atoms with Crippen LogP contribution in [-0.2, 0) is 0 Å². The number of hydrogen-bond acceptors (Lipinski definition) is 3. The van der Waals surface area contributed by atoms with E-state index in [0.29, 0.717) is 0 Å². The highest BCUT2D eigenvalue weighted by atomic mass is 19.3. The molecule has 0 saturated heterocycles. The van der Waals surface area contributed by atoms with Crippen LogP contribution in [0.25, 0.3) is 0 Å². The summed E-state index contributed by atoms with van der Waals surface area (Å²) in [5, 5.41) is 10.2. The second-order valence-corrected chi connectivity index (χ2v) is 4.21. The molecule has 0 fully saturated rings. The van der Waals surface area contributed by atoms with Gasteiger partial charge in [-0.25, -0.2) is 4.39 Å². The van der Waals surface area contributed by atoms with E-state index in [2.05, 4.69) is 4.74 Å². The summed E-state index contributed by atoms with van der Waals surface area (Å²) in [5.74, 6) is -0.711. The van der Waals surface area contributed by atoms with Crippen molar-refractivity contribution in [3.8, 4) is 11.5 Å². The van der Waals surface area contributed by atoms with E-state index in [0.717, 1.165) is 0 Å². The lowest BCUT2D eigenvalue weighted by Gasteiger charge is -2.15. The highest BCUT2D eigenvalue weighted by Gasteiger charge is 2.18. The summed E-state index contributed by atoms with van der Waals surface area (Å²) in [6, 6.07) is 9.70. The van der Waals surface area contributed by atoms with Crippen molar-refractivity contribution in [1.82, 2.24) is 0 Å². The molecule has 0 bridgehead atoms. The van der Waals surface area contributed by atoms with E-state index >= 15 is 0 Å². The number of aliphatic hydroxyl groups excluding tert-OH is 1. The Morgan fingerprint density at radius 2 is 1.76 bits per heavy atom. The number of alkyl halides is 2. The van der Waals surface area contributed by atoms with Gasteiger partial charge in [-0.15, -0.1) is 0 Å². The molecule has 1 atom stereocenters. The Balaban J connectivity index is 2.38. The Kier molecular flexibility index (Phi) is 4.70. The van der Waals surface area contributed by atoms with Gasteiger partial charge in [-0.3, -0.25) is 0 Å². The fourth-order valence-electron chi connectivity index (χ4n) is 1.93. The molecule has 0 radical (unpaired) electrons. The molecule has 0 heterocycles. The van der Waals surface area contributed by atoms with Gasteiger partial charge >= 0.3 is 6.61 Å². The van der Waals surface area contributed by atoms with Crippen LogP contribution >= 0.6 is 0 Å². The van der Waals surface area contributed by atoms with Crippen LogP contribution in [0.4, 0.5) is 13.2 Å². The zero-order chi connectivity index (χ0) is 15.4. The summed E-state index contributed by atoms with van der Waals surface area (Å²) in [6.45, 7) is -3.03. The minimum atomic E-state index is -3.03. The Bertz CT molecular complexity index is 617. The highest BCUT2D eigenvalue weighted by Crippen LogP contribution is 2.33. The van der Waals surface area contributed by atoms with Gasteiger partial charge in [-0.2, -0.15) is 8.78 Å². The predicted molar refractivity (Wildman–Crippen MR) is 70.1 cm³/mol. The molecule has 0 aromatic heterocycles. The number of ether oxygens (including phenoxy) is 2. The molecule has 1 unspecified atom stereocenters. The lowest BCUT2D eigenvalue weighted by Crippen LogP contribution is -2.06. The smallest absolute Gasteiger partial charge is 0.387 e. The molecule has 0 aliphatic heterocycles. The largest absolute Gasteiger partial charge is 0.493 e. The van der Waals surface area contributed by atoms with Crippen molar-refractivity contribution >= 4 is 0 Å². The van der Waals surface area contributed by atoms with Gasteiger partial charge in [0.2, 0.25) is 0 Å². The number of hydrogen-bond donors (Lipinski definition) is 1. The van der Waals surface area contributed by atoms with Crippen molar-refractivity contribution in [2.75, 3.05) is 7.11 Å². The molecule has 0 aliphatic carbocycles. The van der Waals surface area contributed by atoms with E-state index in [1.807, 2.05) is 0 Å². The first-order chi connectivity index (χ1) is 10.0. The van der Waals surface area contributed by atoms with Crippen molar-refractivity contribution in [3.63, 3.8) is 0 Å². The second-order valence-electron chi connectivity index (χ2n) is 4.21. The maximum absolute atomic E-state index is 13.6. The minimum Gasteiger partial charge on any atom is -0.493 e. The standard InChI is InChI=1S/C15H13F3O3/c1-20-12-7-6-9(8-13(12)21-15(17)18)14(19)10-4-2-3-5-11(10)16/h2-8,14-15,19H,1H3. The normalized spacial score (nSPS) is 12.3. The van der Waals surface area contributed by atoms with E-state index in [-0.39, 0.29) is 22.6 Å². The molecule has 0 spiro atoms. The average Bonchev–Trinajstić information content (AvgIpc) is 2.46. The molecule has 2 rings (SSSR count). The van der Waals surface area contributed by atoms with Crippen LogP contribution in [0.1, 0.15) is 17.2 Å². The van der Waals surface area contributed by atoms with Crippen molar-refractivity contribution < 1.29 is 27.8 Å². The van der Waals surface area contributed by atoms with E-state index in [9.17, 15) is 18.3 Å². The fraction of sp³-hybridized carbons (Fsp3) is 0.200. The number of methoxy groups -OCH3 is 1. The Morgan fingerprint density at radius 1 is 1.05 bits per heavy atom. The number of rotatable bonds is 5. The van der Waals surface area contributed by atoms with Gasteiger partial charge in [-0.1, -0.05) is 24.3 Å². The van der Waals surface area contributed by atoms with Crippen molar-refractivity contribution in [2.45, 2.75) is 12.7 Å². The third-order valence-corrected chi connectivity index (χ3v) is 2.92. The van der Waals surface area contributed by atoms with E-state index in [1.54, 1.807) is 6.07 Å². The molecule has 2 aromatic rings. The molecule has 3 nitrogen and oxygen atoms in total. The summed E-state index contributed by atoms with van der Waals surface area (Å²) >= 11 is 0. The summed E-state index contributed by atoms with van der Waals surface area (Å²) < 4.78 is 47.6. The van der Waals surface area contributed by atoms with E-state index < -0.39 is 18.5 Å². The van der Waals surface area contributed by atoms with Gasteiger partial charge in [0, 0.05) is 5.56 Å². The lowest BCUT2D eigenvalue weighted by atomic mass is 10.0. The molecule has 1 N–H and O–H groups in total. The topological polar surface area (TPSA) is 38.7 Å². The van der Waals surface area contributed by atoms with Crippen molar-refractivity contribution in [1.29, 1.82) is 0 Å². The molecule has 0 saturated carbocycles. The molecule has 2 aromatic carbocycles. The van der Waals surface area contributed by atoms with Crippen molar-refractivity contribution in [2.24, 2.45) is 0 Å². The highest BCUT2D eigenvalue weighted by molar-refractivity contribution is 5.45. The summed E-state index contributed by atoms with van der Waals surface area (Å²) in [6.07, 6.45) is -1.29. The van der Waals surface area contributed by atoms with Gasteiger partial charge in [0.25, 0.3) is 0 Å². The molecular formula is C15H13F3O3. The van der Waals surface area contributed by atoms with Crippen LogP contribution in [0, 0.1) is 5.82 Å².